The zero-order valence-corrected chi connectivity index (χ0v) is 21.2. The Bertz CT molecular complexity index is 1280. The van der Waals surface area contributed by atoms with Gasteiger partial charge in [0.15, 0.2) is 5.65 Å². The van der Waals surface area contributed by atoms with E-state index in [1.165, 1.54) is 10.7 Å². The van der Waals surface area contributed by atoms with Gasteiger partial charge >= 0.3 is 0 Å². The maximum Gasteiger partial charge on any atom is 0.274 e. The summed E-state index contributed by atoms with van der Waals surface area (Å²) in [6, 6.07) is 5.38. The van der Waals surface area contributed by atoms with Crippen molar-refractivity contribution < 1.29 is 14.6 Å². The third-order valence-corrected chi connectivity index (χ3v) is 6.69. The Morgan fingerprint density at radius 3 is 2.86 bits per heavy atom. The molecule has 11 nitrogen and oxygen atoms in total. The molecule has 4 rings (SSSR count). The van der Waals surface area contributed by atoms with E-state index in [1.807, 2.05) is 26.1 Å². The molecule has 194 valence electrons. The summed E-state index contributed by atoms with van der Waals surface area (Å²) >= 11 is 0. The summed E-state index contributed by atoms with van der Waals surface area (Å²) in [5.74, 6) is 0.666. The Balaban J connectivity index is 1.63. The molecule has 0 aliphatic heterocycles. The van der Waals surface area contributed by atoms with Gasteiger partial charge in [0, 0.05) is 51.0 Å². The van der Waals surface area contributed by atoms with E-state index in [0.29, 0.717) is 35.1 Å². The number of rotatable bonds is 9. The first-order valence-electron chi connectivity index (χ1n) is 12.2. The fraction of sp³-hybridized carbons (Fsp3) is 0.520. The van der Waals surface area contributed by atoms with Gasteiger partial charge in [-0.15, -0.1) is 0 Å². The summed E-state index contributed by atoms with van der Waals surface area (Å²) in [5.41, 5.74) is 0.442. The number of hydrogen-bond acceptors (Lipinski definition) is 8. The van der Waals surface area contributed by atoms with Crippen LogP contribution in [0.2, 0.25) is 0 Å². The minimum absolute atomic E-state index is 0.0557. The van der Waals surface area contributed by atoms with Crippen molar-refractivity contribution >= 4 is 28.9 Å². The van der Waals surface area contributed by atoms with Crippen molar-refractivity contribution in [3.05, 3.63) is 46.5 Å². The maximum absolute atomic E-state index is 13.3. The molecule has 11 heteroatoms. The summed E-state index contributed by atoms with van der Waals surface area (Å²) in [6.07, 6.45) is 7.18. The molecule has 2 atom stereocenters. The summed E-state index contributed by atoms with van der Waals surface area (Å²) in [7, 11) is 3.46. The lowest BCUT2D eigenvalue weighted by atomic mass is 9.92. The van der Waals surface area contributed by atoms with Crippen LogP contribution < -0.4 is 21.5 Å². The molecule has 1 fully saturated rings. The average Bonchev–Trinajstić information content (AvgIpc) is 3.32. The van der Waals surface area contributed by atoms with E-state index in [1.54, 1.807) is 30.9 Å². The molecule has 3 heterocycles. The predicted molar refractivity (Wildman–Crippen MR) is 138 cm³/mol. The molecule has 0 bridgehead atoms. The molecule has 0 aromatic carbocycles. The van der Waals surface area contributed by atoms with E-state index in [0.717, 1.165) is 25.7 Å². The number of carbonyl (C=O) groups is 1. The van der Waals surface area contributed by atoms with Crippen LogP contribution in [-0.2, 0) is 4.74 Å². The lowest BCUT2D eigenvalue weighted by molar-refractivity contribution is 0.0525. The first kappa shape index (κ1) is 25.6. The third-order valence-electron chi connectivity index (χ3n) is 6.69. The van der Waals surface area contributed by atoms with Crippen LogP contribution in [0.25, 0.3) is 5.65 Å². The molecule has 0 radical (unpaired) electrons. The second kappa shape index (κ2) is 10.7. The topological polar surface area (TPSA) is 135 Å². The van der Waals surface area contributed by atoms with Crippen molar-refractivity contribution in [2.75, 3.05) is 37.9 Å². The second-order valence-electron chi connectivity index (χ2n) is 10.0. The SMILES string of the molecule is CNc1cc(Nc2cccn([C@H]3CCC[C@H](OC)C3)c2=O)nc2c(C(=O)NCC(C)(C)CO)cnn12. The van der Waals surface area contributed by atoms with Crippen molar-refractivity contribution in [2.45, 2.75) is 51.7 Å². The number of carbonyl (C=O) groups excluding carboxylic acids is 1. The molecule has 4 N–H and O–H groups in total. The van der Waals surface area contributed by atoms with Crippen LogP contribution in [0.3, 0.4) is 0 Å². The van der Waals surface area contributed by atoms with Crippen LogP contribution in [-0.4, -0.2) is 63.6 Å². The first-order chi connectivity index (χ1) is 17.3. The smallest absolute Gasteiger partial charge is 0.274 e. The van der Waals surface area contributed by atoms with Gasteiger partial charge in [-0.2, -0.15) is 9.61 Å². The first-order valence-corrected chi connectivity index (χ1v) is 12.2. The molecular weight excluding hydrogens is 462 g/mol. The minimum atomic E-state index is -0.455. The number of nitrogens with one attached hydrogen (secondary N) is 3. The normalized spacial score (nSPS) is 18.2. The van der Waals surface area contributed by atoms with Crippen molar-refractivity contribution in [1.82, 2.24) is 24.5 Å². The molecule has 3 aromatic rings. The van der Waals surface area contributed by atoms with Crippen molar-refractivity contribution in [2.24, 2.45) is 5.41 Å². The van der Waals surface area contributed by atoms with Crippen molar-refractivity contribution in [3.63, 3.8) is 0 Å². The van der Waals surface area contributed by atoms with Gasteiger partial charge in [0.05, 0.1) is 12.3 Å². The third kappa shape index (κ3) is 5.36. The molecular formula is C25H35N7O4. The van der Waals surface area contributed by atoms with Crippen LogP contribution in [0.5, 0.6) is 0 Å². The summed E-state index contributed by atoms with van der Waals surface area (Å²) in [5, 5.41) is 22.8. The number of methoxy groups -OCH3 is 1. The standard InChI is InChI=1S/C25H35N7O4/c1-25(2,15-33)14-27-23(34)18-13-28-32-21(26-3)12-20(30-22(18)32)29-19-9-6-10-31(24(19)35)16-7-5-8-17(11-16)36-4/h6,9-10,12-13,16-17,26,33H,5,7-8,11,14-15H2,1-4H3,(H,27,34)(H,29,30)/t16-,17-/m0/s1. The fourth-order valence-electron chi connectivity index (χ4n) is 4.45. The Hall–Kier alpha value is -3.44. The maximum atomic E-state index is 13.3. The van der Waals surface area contributed by atoms with E-state index in [-0.39, 0.29) is 30.2 Å². The lowest BCUT2D eigenvalue weighted by Gasteiger charge is -2.29. The van der Waals surface area contributed by atoms with Crippen LogP contribution in [0.1, 0.15) is 55.9 Å². The Labute approximate surface area is 209 Å². The summed E-state index contributed by atoms with van der Waals surface area (Å²) in [6.45, 7) is 3.96. The Kier molecular flexibility index (Phi) is 7.60. The van der Waals surface area contributed by atoms with Crippen LogP contribution in [0, 0.1) is 5.41 Å². The van der Waals surface area contributed by atoms with Crippen LogP contribution in [0.4, 0.5) is 17.3 Å². The molecule has 36 heavy (non-hydrogen) atoms. The summed E-state index contributed by atoms with van der Waals surface area (Å²) < 4.78 is 8.84. The largest absolute Gasteiger partial charge is 0.396 e. The fourth-order valence-corrected chi connectivity index (χ4v) is 4.45. The number of aliphatic hydroxyl groups is 1. The second-order valence-corrected chi connectivity index (χ2v) is 10.0. The van der Waals surface area contributed by atoms with Gasteiger partial charge in [-0.25, -0.2) is 4.98 Å². The molecule has 0 unspecified atom stereocenters. The number of aliphatic hydroxyl groups excluding tert-OH is 1. The van der Waals surface area contributed by atoms with E-state index in [2.05, 4.69) is 26.0 Å². The molecule has 0 saturated heterocycles. The molecule has 1 saturated carbocycles. The number of amides is 1. The van der Waals surface area contributed by atoms with E-state index in [9.17, 15) is 14.7 Å². The Morgan fingerprint density at radius 2 is 2.14 bits per heavy atom. The molecule has 3 aromatic heterocycles. The van der Waals surface area contributed by atoms with E-state index in [4.69, 9.17) is 4.74 Å². The van der Waals surface area contributed by atoms with Gasteiger partial charge in [-0.1, -0.05) is 13.8 Å². The number of anilines is 3. The van der Waals surface area contributed by atoms with E-state index >= 15 is 0 Å². The number of pyridine rings is 1. The zero-order chi connectivity index (χ0) is 25.9. The molecule has 1 aliphatic rings. The predicted octanol–water partition coefficient (Wildman–Crippen LogP) is 2.55. The highest BCUT2D eigenvalue weighted by molar-refractivity contribution is 6.00. The van der Waals surface area contributed by atoms with Crippen molar-refractivity contribution in [1.29, 1.82) is 0 Å². The molecule has 1 aliphatic carbocycles. The summed E-state index contributed by atoms with van der Waals surface area (Å²) in [4.78, 5) is 30.8. The highest BCUT2D eigenvalue weighted by Crippen LogP contribution is 2.29. The quantitative estimate of drug-likeness (QED) is 0.354. The number of hydrogen-bond donors (Lipinski definition) is 4. The number of nitrogens with zero attached hydrogens (tertiary/aromatic N) is 4. The van der Waals surface area contributed by atoms with Gasteiger partial charge in [-0.3, -0.25) is 9.59 Å². The van der Waals surface area contributed by atoms with Gasteiger partial charge < -0.3 is 30.4 Å². The Morgan fingerprint density at radius 1 is 1.33 bits per heavy atom. The van der Waals surface area contributed by atoms with Gasteiger partial charge in [0.25, 0.3) is 11.5 Å². The highest BCUT2D eigenvalue weighted by Gasteiger charge is 2.25. The minimum Gasteiger partial charge on any atom is -0.396 e. The van der Waals surface area contributed by atoms with E-state index < -0.39 is 5.41 Å². The number of aromatic nitrogens is 4. The highest BCUT2D eigenvalue weighted by atomic mass is 16.5. The van der Waals surface area contributed by atoms with Gasteiger partial charge in [0.1, 0.15) is 22.9 Å². The number of fused-ring (bicyclic) bond motifs is 1. The van der Waals surface area contributed by atoms with Crippen molar-refractivity contribution in [3.8, 4) is 0 Å². The monoisotopic (exact) mass is 497 g/mol. The van der Waals surface area contributed by atoms with Crippen LogP contribution in [0.15, 0.2) is 35.4 Å². The number of ether oxygens (including phenoxy) is 1. The average molecular weight is 498 g/mol. The molecule has 0 spiro atoms. The molecule has 1 amide bonds. The van der Waals surface area contributed by atoms with Gasteiger partial charge in [0.2, 0.25) is 0 Å². The zero-order valence-electron chi connectivity index (χ0n) is 21.2. The van der Waals surface area contributed by atoms with Crippen LogP contribution >= 0.6 is 0 Å². The van der Waals surface area contributed by atoms with Gasteiger partial charge in [-0.05, 0) is 37.8 Å². The lowest BCUT2D eigenvalue weighted by Crippen LogP contribution is -2.36.